The number of benzene rings is 1. The van der Waals surface area contributed by atoms with E-state index in [2.05, 4.69) is 5.32 Å². The van der Waals surface area contributed by atoms with E-state index in [9.17, 15) is 9.59 Å². The monoisotopic (exact) mass is 302 g/mol. The number of rotatable bonds is 4. The third-order valence-corrected chi connectivity index (χ3v) is 4.12. The molecule has 1 saturated heterocycles. The molecule has 0 aromatic heterocycles. The topological polar surface area (TPSA) is 49.4 Å². The molecule has 4 heteroatoms. The van der Waals surface area contributed by atoms with Gasteiger partial charge in [-0.25, -0.2) is 0 Å². The second-order valence-electron chi connectivity index (χ2n) is 6.55. The highest BCUT2D eigenvalue weighted by molar-refractivity contribution is 5.95. The van der Waals surface area contributed by atoms with Crippen LogP contribution in [0.1, 0.15) is 49.0 Å². The predicted molar refractivity (Wildman–Crippen MR) is 87.7 cm³/mol. The number of nitrogens with one attached hydrogen (secondary N) is 1. The second kappa shape index (κ2) is 7.43. The fraction of sp³-hybridized carbons (Fsp3) is 0.556. The summed E-state index contributed by atoms with van der Waals surface area (Å²) in [6, 6.07) is 7.90. The van der Waals surface area contributed by atoms with Crippen molar-refractivity contribution in [3.05, 3.63) is 35.4 Å². The van der Waals surface area contributed by atoms with Gasteiger partial charge in [0.15, 0.2) is 0 Å². The Morgan fingerprint density at radius 3 is 2.45 bits per heavy atom. The van der Waals surface area contributed by atoms with Gasteiger partial charge in [-0.3, -0.25) is 9.59 Å². The van der Waals surface area contributed by atoms with Gasteiger partial charge in [-0.15, -0.1) is 0 Å². The van der Waals surface area contributed by atoms with Crippen molar-refractivity contribution in [3.8, 4) is 0 Å². The maximum absolute atomic E-state index is 12.5. The van der Waals surface area contributed by atoms with Gasteiger partial charge in [0.05, 0.1) is 0 Å². The molecule has 1 fully saturated rings. The molecule has 1 aliphatic rings. The van der Waals surface area contributed by atoms with E-state index in [4.69, 9.17) is 0 Å². The summed E-state index contributed by atoms with van der Waals surface area (Å²) in [6.07, 6.45) is 2.24. The smallest absolute Gasteiger partial charge is 0.254 e. The summed E-state index contributed by atoms with van der Waals surface area (Å²) < 4.78 is 0. The summed E-state index contributed by atoms with van der Waals surface area (Å²) in [5.74, 6) is 0.603. The van der Waals surface area contributed by atoms with Crippen LogP contribution in [0, 0.1) is 12.8 Å². The lowest BCUT2D eigenvalue weighted by molar-refractivity contribution is -0.122. The molecule has 0 saturated carbocycles. The van der Waals surface area contributed by atoms with E-state index in [1.165, 1.54) is 0 Å². The number of carbonyl (C=O) groups excluding carboxylic acids is 2. The first-order chi connectivity index (χ1) is 10.5. The van der Waals surface area contributed by atoms with Crippen LogP contribution >= 0.6 is 0 Å². The molecule has 1 heterocycles. The normalized spacial score (nSPS) is 15.9. The zero-order valence-corrected chi connectivity index (χ0v) is 13.8. The maximum atomic E-state index is 12.5. The molecule has 4 nitrogen and oxygen atoms in total. The van der Waals surface area contributed by atoms with Crippen molar-refractivity contribution < 1.29 is 9.59 Å². The van der Waals surface area contributed by atoms with Crippen LogP contribution in [0.5, 0.6) is 0 Å². The number of nitrogens with zero attached hydrogens (tertiary/aromatic N) is 1. The highest BCUT2D eigenvalue weighted by Crippen LogP contribution is 2.16. The molecule has 1 aliphatic heterocycles. The molecule has 2 amide bonds. The molecular formula is C18H26N2O2. The van der Waals surface area contributed by atoms with Gasteiger partial charge >= 0.3 is 0 Å². The van der Waals surface area contributed by atoms with Gasteiger partial charge in [0.2, 0.25) is 5.91 Å². The van der Waals surface area contributed by atoms with Crippen LogP contribution in [-0.4, -0.2) is 35.8 Å². The average Bonchev–Trinajstić information content (AvgIpc) is 2.47. The Labute approximate surface area is 132 Å². The molecule has 0 unspecified atom stereocenters. The van der Waals surface area contributed by atoms with E-state index in [0.29, 0.717) is 25.4 Å². The van der Waals surface area contributed by atoms with Crippen molar-refractivity contribution >= 4 is 11.8 Å². The quantitative estimate of drug-likeness (QED) is 0.929. The number of hydrogen-bond donors (Lipinski definition) is 1. The van der Waals surface area contributed by atoms with E-state index in [1.54, 1.807) is 0 Å². The van der Waals surface area contributed by atoms with Crippen LogP contribution in [0.25, 0.3) is 0 Å². The summed E-state index contributed by atoms with van der Waals surface area (Å²) in [5, 5.41) is 3.08. The fourth-order valence-corrected chi connectivity index (χ4v) is 2.87. The fourth-order valence-electron chi connectivity index (χ4n) is 2.87. The van der Waals surface area contributed by atoms with Crippen molar-refractivity contribution in [1.82, 2.24) is 10.2 Å². The van der Waals surface area contributed by atoms with Crippen molar-refractivity contribution in [3.63, 3.8) is 0 Å². The summed E-state index contributed by atoms with van der Waals surface area (Å²) in [7, 11) is 0. The van der Waals surface area contributed by atoms with Crippen LogP contribution < -0.4 is 5.32 Å². The molecular weight excluding hydrogens is 276 g/mol. The molecule has 2 rings (SSSR count). The first-order valence-corrected chi connectivity index (χ1v) is 8.11. The van der Waals surface area contributed by atoms with Crippen LogP contribution in [0.3, 0.4) is 0 Å². The molecule has 0 radical (unpaired) electrons. The summed E-state index contributed by atoms with van der Waals surface area (Å²) in [4.78, 5) is 26.2. The molecule has 22 heavy (non-hydrogen) atoms. The van der Waals surface area contributed by atoms with Gasteiger partial charge in [-0.1, -0.05) is 32.0 Å². The minimum Gasteiger partial charge on any atom is -0.353 e. The molecule has 0 bridgehead atoms. The van der Waals surface area contributed by atoms with Gasteiger partial charge in [0.25, 0.3) is 5.91 Å². The third kappa shape index (κ3) is 4.33. The van der Waals surface area contributed by atoms with Crippen LogP contribution in [0.4, 0.5) is 0 Å². The molecule has 1 aromatic carbocycles. The predicted octanol–water partition coefficient (Wildman–Crippen LogP) is 2.76. The van der Waals surface area contributed by atoms with Gasteiger partial charge in [0, 0.05) is 31.1 Å². The number of likely N-dealkylation sites (tertiary alicyclic amines) is 1. The maximum Gasteiger partial charge on any atom is 0.254 e. The van der Waals surface area contributed by atoms with E-state index in [0.717, 1.165) is 24.0 Å². The number of carbonyl (C=O) groups is 2. The zero-order chi connectivity index (χ0) is 16.1. The van der Waals surface area contributed by atoms with Gasteiger partial charge in [0.1, 0.15) is 0 Å². The number of hydrogen-bond acceptors (Lipinski definition) is 2. The van der Waals surface area contributed by atoms with Crippen molar-refractivity contribution in [2.75, 3.05) is 13.1 Å². The number of piperidine rings is 1. The van der Waals surface area contributed by atoms with Gasteiger partial charge in [-0.2, -0.15) is 0 Å². The summed E-state index contributed by atoms with van der Waals surface area (Å²) in [5.41, 5.74) is 1.80. The first-order valence-electron chi connectivity index (χ1n) is 8.11. The molecule has 1 aromatic rings. The van der Waals surface area contributed by atoms with Gasteiger partial charge in [-0.05, 0) is 37.3 Å². The lowest BCUT2D eigenvalue weighted by atomic mass is 10.0. The van der Waals surface area contributed by atoms with E-state index in [-0.39, 0.29) is 17.9 Å². The van der Waals surface area contributed by atoms with Crippen LogP contribution in [-0.2, 0) is 4.79 Å². The highest BCUT2D eigenvalue weighted by atomic mass is 16.2. The Hall–Kier alpha value is -1.84. The molecule has 1 N–H and O–H groups in total. The van der Waals surface area contributed by atoms with Crippen molar-refractivity contribution in [2.45, 2.75) is 46.1 Å². The lowest BCUT2D eigenvalue weighted by Crippen LogP contribution is -2.46. The SMILES string of the molecule is Cc1ccccc1C(=O)N1CCC(NC(=O)CC(C)C)CC1. The van der Waals surface area contributed by atoms with E-state index in [1.807, 2.05) is 49.9 Å². The second-order valence-corrected chi connectivity index (χ2v) is 6.55. The summed E-state index contributed by atoms with van der Waals surface area (Å²) in [6.45, 7) is 7.47. The van der Waals surface area contributed by atoms with Crippen molar-refractivity contribution in [2.24, 2.45) is 5.92 Å². The molecule has 0 aliphatic carbocycles. The Morgan fingerprint density at radius 2 is 1.86 bits per heavy atom. The average molecular weight is 302 g/mol. The van der Waals surface area contributed by atoms with Crippen molar-refractivity contribution in [1.29, 1.82) is 0 Å². The molecule has 0 atom stereocenters. The first kappa shape index (κ1) is 16.5. The van der Waals surface area contributed by atoms with Crippen LogP contribution in [0.2, 0.25) is 0 Å². The number of amides is 2. The summed E-state index contributed by atoms with van der Waals surface area (Å²) >= 11 is 0. The van der Waals surface area contributed by atoms with Gasteiger partial charge < -0.3 is 10.2 Å². The minimum atomic E-state index is 0.102. The largest absolute Gasteiger partial charge is 0.353 e. The van der Waals surface area contributed by atoms with E-state index >= 15 is 0 Å². The molecule has 0 spiro atoms. The van der Waals surface area contributed by atoms with E-state index < -0.39 is 0 Å². The Kier molecular flexibility index (Phi) is 5.58. The minimum absolute atomic E-state index is 0.102. The highest BCUT2D eigenvalue weighted by Gasteiger charge is 2.25. The Bertz CT molecular complexity index is 532. The lowest BCUT2D eigenvalue weighted by Gasteiger charge is -2.33. The molecule has 120 valence electrons. The van der Waals surface area contributed by atoms with Crippen LogP contribution in [0.15, 0.2) is 24.3 Å². The Morgan fingerprint density at radius 1 is 1.23 bits per heavy atom. The third-order valence-electron chi connectivity index (χ3n) is 4.12. The number of aryl methyl sites for hydroxylation is 1. The zero-order valence-electron chi connectivity index (χ0n) is 13.8. The Balaban J connectivity index is 1.86. The standard InChI is InChI=1S/C18H26N2O2/c1-13(2)12-17(21)19-15-8-10-20(11-9-15)18(22)16-7-5-4-6-14(16)3/h4-7,13,15H,8-12H2,1-3H3,(H,19,21).